The highest BCUT2D eigenvalue weighted by Gasteiger charge is 2.09. The smallest absolute Gasteiger partial charge is 0.213 e. The Morgan fingerprint density at radius 3 is 2.44 bits per heavy atom. The zero-order valence-electron chi connectivity index (χ0n) is 15.1. The minimum atomic E-state index is 0.684. The Balaban J connectivity index is 1.93. The van der Waals surface area contributed by atoms with Crippen LogP contribution in [-0.2, 0) is 6.42 Å². The van der Waals surface area contributed by atoms with E-state index in [-0.39, 0.29) is 0 Å². The monoisotopic (exact) mass is 332 g/mol. The molecule has 2 heterocycles. The molecular weight excluding hydrogens is 308 g/mol. The zero-order valence-corrected chi connectivity index (χ0v) is 15.1. The Labute approximate surface area is 149 Å². The molecule has 3 nitrogen and oxygen atoms in total. The minimum Gasteiger partial charge on any atom is -0.478 e. The van der Waals surface area contributed by atoms with Crippen LogP contribution in [0.15, 0.2) is 55.0 Å². The molecule has 3 heteroatoms. The lowest BCUT2D eigenvalue weighted by atomic mass is 9.93. The SMILES string of the molecule is CCCOc1ccc(-c2ccc(-c3cnccc3C)c(CC)c2)cn1. The van der Waals surface area contributed by atoms with Gasteiger partial charge in [-0.2, -0.15) is 0 Å². The van der Waals surface area contributed by atoms with Gasteiger partial charge in [0.2, 0.25) is 5.88 Å². The quantitative estimate of drug-likeness (QED) is 0.600. The van der Waals surface area contributed by atoms with Crippen LogP contribution in [0.3, 0.4) is 0 Å². The van der Waals surface area contributed by atoms with E-state index >= 15 is 0 Å². The first-order chi connectivity index (χ1) is 12.2. The molecular formula is C22H24N2O. The molecule has 0 aliphatic heterocycles. The van der Waals surface area contributed by atoms with E-state index < -0.39 is 0 Å². The van der Waals surface area contributed by atoms with Gasteiger partial charge < -0.3 is 4.74 Å². The second kappa shape index (κ2) is 7.93. The third-order valence-corrected chi connectivity index (χ3v) is 4.34. The number of aryl methyl sites for hydroxylation is 2. The number of benzene rings is 1. The van der Waals surface area contributed by atoms with E-state index in [1.807, 2.05) is 24.7 Å². The molecule has 0 atom stereocenters. The summed E-state index contributed by atoms with van der Waals surface area (Å²) in [7, 11) is 0. The fraction of sp³-hybridized carbons (Fsp3) is 0.273. The highest BCUT2D eigenvalue weighted by atomic mass is 16.5. The molecule has 25 heavy (non-hydrogen) atoms. The van der Waals surface area contributed by atoms with Gasteiger partial charge in [0.15, 0.2) is 0 Å². The molecule has 3 rings (SSSR count). The van der Waals surface area contributed by atoms with Gasteiger partial charge in [-0.1, -0.05) is 32.0 Å². The molecule has 0 saturated heterocycles. The molecule has 1 aromatic carbocycles. The van der Waals surface area contributed by atoms with Crippen LogP contribution in [0, 0.1) is 6.92 Å². The maximum absolute atomic E-state index is 5.56. The highest BCUT2D eigenvalue weighted by molar-refractivity contribution is 5.74. The molecule has 0 aliphatic rings. The zero-order chi connectivity index (χ0) is 17.6. The Hall–Kier alpha value is -2.68. The van der Waals surface area contributed by atoms with Crippen LogP contribution < -0.4 is 4.74 Å². The maximum atomic E-state index is 5.56. The average Bonchev–Trinajstić information content (AvgIpc) is 2.67. The summed E-state index contributed by atoms with van der Waals surface area (Å²) in [5.41, 5.74) is 7.31. The third-order valence-electron chi connectivity index (χ3n) is 4.34. The van der Waals surface area contributed by atoms with Crippen LogP contribution in [0.25, 0.3) is 22.3 Å². The Bertz CT molecular complexity index is 841. The van der Waals surface area contributed by atoms with Crippen molar-refractivity contribution in [1.82, 2.24) is 9.97 Å². The number of hydrogen-bond donors (Lipinski definition) is 0. The first-order valence-electron chi connectivity index (χ1n) is 8.86. The van der Waals surface area contributed by atoms with E-state index in [0.717, 1.165) is 18.4 Å². The molecule has 0 unspecified atom stereocenters. The average molecular weight is 332 g/mol. The van der Waals surface area contributed by atoms with Crippen molar-refractivity contribution in [3.05, 3.63) is 66.1 Å². The number of nitrogens with zero attached hydrogens (tertiary/aromatic N) is 2. The topological polar surface area (TPSA) is 35.0 Å². The summed E-state index contributed by atoms with van der Waals surface area (Å²) in [5, 5.41) is 0. The standard InChI is InChI=1S/C22H24N2O/c1-4-12-25-22-9-7-19(14-24-22)18-6-8-20(17(5-2)13-18)21-15-23-11-10-16(21)3/h6-11,13-15H,4-5,12H2,1-3H3. The van der Waals surface area contributed by atoms with Crippen molar-refractivity contribution in [2.75, 3.05) is 6.61 Å². The van der Waals surface area contributed by atoms with E-state index in [1.165, 1.54) is 27.8 Å². The third kappa shape index (κ3) is 3.87. The van der Waals surface area contributed by atoms with E-state index in [2.05, 4.69) is 61.1 Å². The fourth-order valence-electron chi connectivity index (χ4n) is 2.92. The van der Waals surface area contributed by atoms with Gasteiger partial charge in [-0.3, -0.25) is 4.98 Å². The van der Waals surface area contributed by atoms with Crippen LogP contribution in [0.4, 0.5) is 0 Å². The predicted octanol–water partition coefficient (Wildman–Crippen LogP) is 5.47. The summed E-state index contributed by atoms with van der Waals surface area (Å²) >= 11 is 0. The van der Waals surface area contributed by atoms with Gasteiger partial charge in [0, 0.05) is 35.8 Å². The van der Waals surface area contributed by atoms with E-state index in [4.69, 9.17) is 4.74 Å². The van der Waals surface area contributed by atoms with Crippen molar-refractivity contribution in [2.24, 2.45) is 0 Å². The number of rotatable bonds is 6. The first-order valence-corrected chi connectivity index (χ1v) is 8.86. The Morgan fingerprint density at radius 2 is 1.76 bits per heavy atom. The summed E-state index contributed by atoms with van der Waals surface area (Å²) in [6.45, 7) is 7.11. The number of pyridine rings is 2. The molecule has 128 valence electrons. The van der Waals surface area contributed by atoms with Crippen LogP contribution in [0.1, 0.15) is 31.4 Å². The Morgan fingerprint density at radius 1 is 0.920 bits per heavy atom. The summed E-state index contributed by atoms with van der Waals surface area (Å²) in [4.78, 5) is 8.70. The van der Waals surface area contributed by atoms with Crippen LogP contribution in [0.5, 0.6) is 5.88 Å². The Kier molecular flexibility index (Phi) is 5.44. The van der Waals surface area contributed by atoms with Crippen molar-refractivity contribution in [3.8, 4) is 28.1 Å². The van der Waals surface area contributed by atoms with Crippen molar-refractivity contribution >= 4 is 0 Å². The lowest BCUT2D eigenvalue weighted by molar-refractivity contribution is 0.305. The summed E-state index contributed by atoms with van der Waals surface area (Å²) in [5.74, 6) is 0.684. The normalized spacial score (nSPS) is 10.7. The molecule has 0 fully saturated rings. The van der Waals surface area contributed by atoms with Crippen molar-refractivity contribution in [1.29, 1.82) is 0 Å². The summed E-state index contributed by atoms with van der Waals surface area (Å²) in [6, 6.07) is 12.7. The first kappa shape index (κ1) is 17.2. The van der Waals surface area contributed by atoms with Crippen molar-refractivity contribution in [2.45, 2.75) is 33.6 Å². The van der Waals surface area contributed by atoms with Gasteiger partial charge in [-0.05, 0) is 54.2 Å². The molecule has 3 aromatic rings. The van der Waals surface area contributed by atoms with Crippen molar-refractivity contribution in [3.63, 3.8) is 0 Å². The molecule has 0 saturated carbocycles. The molecule has 0 amide bonds. The minimum absolute atomic E-state index is 0.684. The van der Waals surface area contributed by atoms with E-state index in [0.29, 0.717) is 12.5 Å². The molecule has 0 spiro atoms. The van der Waals surface area contributed by atoms with Gasteiger partial charge in [0.25, 0.3) is 0 Å². The highest BCUT2D eigenvalue weighted by Crippen LogP contribution is 2.31. The van der Waals surface area contributed by atoms with Crippen molar-refractivity contribution < 1.29 is 4.74 Å². The van der Waals surface area contributed by atoms with Gasteiger partial charge in [-0.25, -0.2) is 4.98 Å². The van der Waals surface area contributed by atoms with Gasteiger partial charge in [0.1, 0.15) is 0 Å². The molecule has 0 bridgehead atoms. The lowest BCUT2D eigenvalue weighted by Crippen LogP contribution is -1.97. The van der Waals surface area contributed by atoms with E-state index in [9.17, 15) is 0 Å². The fourth-order valence-corrected chi connectivity index (χ4v) is 2.92. The summed E-state index contributed by atoms with van der Waals surface area (Å²) < 4.78 is 5.56. The second-order valence-electron chi connectivity index (χ2n) is 6.15. The van der Waals surface area contributed by atoms with Crippen LogP contribution >= 0.6 is 0 Å². The number of hydrogen-bond acceptors (Lipinski definition) is 3. The molecule has 2 aromatic heterocycles. The lowest BCUT2D eigenvalue weighted by Gasteiger charge is -2.13. The largest absolute Gasteiger partial charge is 0.478 e. The maximum Gasteiger partial charge on any atom is 0.213 e. The van der Waals surface area contributed by atoms with E-state index in [1.54, 1.807) is 0 Å². The predicted molar refractivity (Wildman–Crippen MR) is 103 cm³/mol. The van der Waals surface area contributed by atoms with Crippen LogP contribution in [-0.4, -0.2) is 16.6 Å². The molecule has 0 radical (unpaired) electrons. The molecule has 0 N–H and O–H groups in total. The van der Waals surface area contributed by atoms with Gasteiger partial charge in [-0.15, -0.1) is 0 Å². The van der Waals surface area contributed by atoms with Gasteiger partial charge in [0.05, 0.1) is 6.61 Å². The van der Waals surface area contributed by atoms with Crippen LogP contribution in [0.2, 0.25) is 0 Å². The number of ether oxygens (including phenoxy) is 1. The number of aromatic nitrogens is 2. The second-order valence-corrected chi connectivity index (χ2v) is 6.15. The summed E-state index contributed by atoms with van der Waals surface area (Å²) in [6.07, 6.45) is 7.63. The molecule has 0 aliphatic carbocycles. The van der Waals surface area contributed by atoms with Gasteiger partial charge >= 0.3 is 0 Å².